The van der Waals surface area contributed by atoms with Gasteiger partial charge in [0.2, 0.25) is 0 Å². The maximum Gasteiger partial charge on any atom is 0.343 e. The number of ether oxygens (including phenoxy) is 1. The highest BCUT2D eigenvalue weighted by Gasteiger charge is 2.12. The third kappa shape index (κ3) is 10.9. The number of esters is 1. The molecule has 0 fully saturated rings. The Hall–Kier alpha value is -2.36. The first-order valence-corrected chi connectivity index (χ1v) is 13.1. The van der Waals surface area contributed by atoms with Crippen LogP contribution in [-0.2, 0) is 0 Å². The second-order valence-corrected chi connectivity index (χ2v) is 9.21. The topological polar surface area (TPSA) is 51.2 Å². The number of aromatic nitrogens is 1. The van der Waals surface area contributed by atoms with E-state index in [1.165, 1.54) is 83.5 Å². The molecule has 1 atom stereocenters. The Labute approximate surface area is 201 Å². The van der Waals surface area contributed by atoms with Crippen molar-refractivity contribution < 1.29 is 9.53 Å². The molecule has 1 N–H and O–H groups in total. The number of rotatable bonds is 17. The van der Waals surface area contributed by atoms with Crippen molar-refractivity contribution in [3.05, 3.63) is 53.9 Å². The molecule has 0 saturated carbocycles. The minimum atomic E-state index is -0.350. The van der Waals surface area contributed by atoms with Crippen molar-refractivity contribution >= 4 is 11.7 Å². The number of hydrogen-bond acceptors (Lipinski definition) is 4. The van der Waals surface area contributed by atoms with Crippen LogP contribution in [0.2, 0.25) is 0 Å². The van der Waals surface area contributed by atoms with Crippen molar-refractivity contribution in [1.82, 2.24) is 4.98 Å². The first-order valence-electron chi connectivity index (χ1n) is 13.1. The third-order valence-electron chi connectivity index (χ3n) is 6.25. The lowest BCUT2D eigenvalue weighted by Crippen LogP contribution is -2.19. The lowest BCUT2D eigenvalue weighted by Gasteiger charge is -2.20. The normalized spacial score (nSPS) is 11.8. The molecule has 1 unspecified atom stereocenters. The van der Waals surface area contributed by atoms with Gasteiger partial charge in [0.25, 0.3) is 0 Å². The number of benzene rings is 1. The fourth-order valence-electron chi connectivity index (χ4n) is 4.11. The third-order valence-corrected chi connectivity index (χ3v) is 6.25. The second-order valence-electron chi connectivity index (χ2n) is 9.21. The van der Waals surface area contributed by atoms with E-state index in [0.717, 1.165) is 11.3 Å². The van der Waals surface area contributed by atoms with Gasteiger partial charge in [-0.15, -0.1) is 0 Å². The molecule has 1 heterocycles. The van der Waals surface area contributed by atoms with Gasteiger partial charge in [-0.05, 0) is 55.7 Å². The van der Waals surface area contributed by atoms with Gasteiger partial charge in [0, 0.05) is 17.9 Å². The minimum absolute atomic E-state index is 0.350. The number of carbonyl (C=O) groups is 1. The molecule has 1 aromatic heterocycles. The van der Waals surface area contributed by atoms with Crippen molar-refractivity contribution in [2.45, 2.75) is 110 Å². The van der Waals surface area contributed by atoms with Gasteiger partial charge in [-0.2, -0.15) is 0 Å². The molecule has 0 aliphatic heterocycles. The summed E-state index contributed by atoms with van der Waals surface area (Å²) in [5.74, 6) is 0.156. The van der Waals surface area contributed by atoms with Crippen molar-refractivity contribution in [1.29, 1.82) is 0 Å². The Balaban J connectivity index is 1.87. The van der Waals surface area contributed by atoms with Crippen molar-refractivity contribution in [2.24, 2.45) is 0 Å². The van der Waals surface area contributed by atoms with E-state index < -0.39 is 0 Å². The lowest BCUT2D eigenvalue weighted by molar-refractivity contribution is 0.0733. The molecule has 182 valence electrons. The molecule has 2 rings (SSSR count). The van der Waals surface area contributed by atoms with Gasteiger partial charge in [0.15, 0.2) is 5.75 Å². The number of hydrogen-bond donors (Lipinski definition) is 1. The summed E-state index contributed by atoms with van der Waals surface area (Å²) < 4.78 is 5.51. The van der Waals surface area contributed by atoms with Crippen LogP contribution in [-0.4, -0.2) is 17.0 Å². The largest absolute Gasteiger partial charge is 0.421 e. The van der Waals surface area contributed by atoms with Crippen LogP contribution < -0.4 is 10.1 Å². The lowest BCUT2D eigenvalue weighted by atomic mass is 10.00. The molecule has 0 spiro atoms. The van der Waals surface area contributed by atoms with Crippen LogP contribution in [0, 0.1) is 6.92 Å². The van der Waals surface area contributed by atoms with Gasteiger partial charge >= 0.3 is 5.97 Å². The van der Waals surface area contributed by atoms with E-state index in [-0.39, 0.29) is 5.97 Å². The molecule has 1 aromatic carbocycles. The number of aryl methyl sites for hydroxylation is 1. The Bertz CT molecular complexity index is 788. The predicted octanol–water partition coefficient (Wildman–Crippen LogP) is 8.50. The number of anilines is 1. The molecule has 2 aromatic rings. The average Bonchev–Trinajstić information content (AvgIpc) is 2.82. The molecule has 4 heteroatoms. The highest BCUT2D eigenvalue weighted by Crippen LogP contribution is 2.21. The van der Waals surface area contributed by atoms with Crippen LogP contribution in [0.4, 0.5) is 5.69 Å². The van der Waals surface area contributed by atoms with E-state index in [0.29, 0.717) is 17.4 Å². The summed E-state index contributed by atoms with van der Waals surface area (Å²) >= 11 is 0. The van der Waals surface area contributed by atoms with Gasteiger partial charge in [0.05, 0.1) is 11.8 Å². The Morgan fingerprint density at radius 2 is 1.42 bits per heavy atom. The Kier molecular flexibility index (Phi) is 13.3. The average molecular weight is 453 g/mol. The number of nitrogens with one attached hydrogen (secondary N) is 1. The summed E-state index contributed by atoms with van der Waals surface area (Å²) in [6.07, 6.45) is 20.2. The molecule has 0 saturated heterocycles. The maximum atomic E-state index is 12.5. The minimum Gasteiger partial charge on any atom is -0.421 e. The Morgan fingerprint density at radius 3 is 2.00 bits per heavy atom. The molecule has 4 nitrogen and oxygen atoms in total. The molecule has 33 heavy (non-hydrogen) atoms. The van der Waals surface area contributed by atoms with E-state index in [2.05, 4.69) is 24.1 Å². The molecule has 0 radical (unpaired) electrons. The van der Waals surface area contributed by atoms with Crippen LogP contribution in [0.25, 0.3) is 0 Å². The summed E-state index contributed by atoms with van der Waals surface area (Å²) in [4.78, 5) is 16.5. The SMILES string of the molecule is CCCCCCCCC(CCCCCCC)Nc1ccc(C(=O)Oc2cnccc2C)cc1. The molecule has 0 bridgehead atoms. The monoisotopic (exact) mass is 452 g/mol. The predicted molar refractivity (Wildman–Crippen MR) is 139 cm³/mol. The molecule has 0 amide bonds. The van der Waals surface area contributed by atoms with Crippen LogP contribution in [0.3, 0.4) is 0 Å². The van der Waals surface area contributed by atoms with Crippen molar-refractivity contribution in [3.63, 3.8) is 0 Å². The number of unbranched alkanes of at least 4 members (excludes halogenated alkanes) is 9. The number of pyridine rings is 1. The van der Waals surface area contributed by atoms with Gasteiger partial charge in [-0.1, -0.05) is 84.5 Å². The van der Waals surface area contributed by atoms with E-state index in [1.54, 1.807) is 12.4 Å². The zero-order valence-electron chi connectivity index (χ0n) is 21.1. The van der Waals surface area contributed by atoms with E-state index >= 15 is 0 Å². The summed E-state index contributed by atoms with van der Waals surface area (Å²) in [6.45, 7) is 6.44. The summed E-state index contributed by atoms with van der Waals surface area (Å²) in [5, 5.41) is 3.73. The molecule has 0 aliphatic carbocycles. The zero-order valence-corrected chi connectivity index (χ0v) is 21.1. The molecular weight excluding hydrogens is 408 g/mol. The number of nitrogens with zero attached hydrogens (tertiary/aromatic N) is 1. The van der Waals surface area contributed by atoms with Crippen molar-refractivity contribution in [2.75, 3.05) is 5.32 Å². The standard InChI is InChI=1S/C29H44N2O2/c1-4-6-8-10-12-14-16-26(15-13-11-9-7-5-2)31-27-19-17-25(18-20-27)29(32)33-28-23-30-22-21-24(28)3/h17-23,26,31H,4-16H2,1-3H3. The summed E-state index contributed by atoms with van der Waals surface area (Å²) in [7, 11) is 0. The first kappa shape index (κ1) is 26.9. The molecule has 0 aliphatic rings. The van der Waals surface area contributed by atoms with Gasteiger partial charge in [-0.3, -0.25) is 4.98 Å². The first-order chi connectivity index (χ1) is 16.1. The van der Waals surface area contributed by atoms with Crippen LogP contribution in [0.5, 0.6) is 5.75 Å². The van der Waals surface area contributed by atoms with E-state index in [1.807, 2.05) is 37.3 Å². The quantitative estimate of drug-likeness (QED) is 0.193. The fraction of sp³-hybridized carbons (Fsp3) is 0.586. The number of carbonyl (C=O) groups excluding carboxylic acids is 1. The second kappa shape index (κ2) is 16.3. The highest BCUT2D eigenvalue weighted by atomic mass is 16.5. The smallest absolute Gasteiger partial charge is 0.343 e. The van der Waals surface area contributed by atoms with Crippen LogP contribution >= 0.6 is 0 Å². The highest BCUT2D eigenvalue weighted by molar-refractivity contribution is 5.91. The van der Waals surface area contributed by atoms with Crippen molar-refractivity contribution in [3.8, 4) is 5.75 Å². The van der Waals surface area contributed by atoms with Gasteiger partial charge in [-0.25, -0.2) is 4.79 Å². The maximum absolute atomic E-state index is 12.5. The summed E-state index contributed by atoms with van der Waals surface area (Å²) in [5.41, 5.74) is 2.53. The van der Waals surface area contributed by atoms with Gasteiger partial charge < -0.3 is 10.1 Å². The van der Waals surface area contributed by atoms with E-state index in [9.17, 15) is 4.79 Å². The zero-order chi connectivity index (χ0) is 23.7. The van der Waals surface area contributed by atoms with Crippen LogP contribution in [0.1, 0.15) is 113 Å². The van der Waals surface area contributed by atoms with Gasteiger partial charge in [0.1, 0.15) is 0 Å². The Morgan fingerprint density at radius 1 is 0.848 bits per heavy atom. The summed E-state index contributed by atoms with van der Waals surface area (Å²) in [6, 6.07) is 10.0. The fourth-order valence-corrected chi connectivity index (χ4v) is 4.11. The van der Waals surface area contributed by atoms with Crippen LogP contribution in [0.15, 0.2) is 42.7 Å². The van der Waals surface area contributed by atoms with E-state index in [4.69, 9.17) is 4.74 Å². The molecular formula is C29H44N2O2.